The number of amides is 2. The third-order valence-corrected chi connectivity index (χ3v) is 4.79. The van der Waals surface area contributed by atoms with Crippen LogP contribution in [0.5, 0.6) is 0 Å². The maximum atomic E-state index is 12.6. The Kier molecular flexibility index (Phi) is 5.94. The number of likely N-dealkylation sites (tertiary alicyclic amines) is 1. The molecule has 1 aliphatic rings. The number of nitrogens with one attached hydrogen (secondary N) is 1. The van der Waals surface area contributed by atoms with E-state index in [9.17, 15) is 9.59 Å². The summed E-state index contributed by atoms with van der Waals surface area (Å²) in [6.45, 7) is 1.94. The van der Waals surface area contributed by atoms with Crippen LogP contribution in [-0.2, 0) is 4.79 Å². The molecule has 1 fully saturated rings. The molecule has 0 radical (unpaired) electrons. The van der Waals surface area contributed by atoms with Gasteiger partial charge in [-0.15, -0.1) is 0 Å². The summed E-state index contributed by atoms with van der Waals surface area (Å²) in [7, 11) is 2.06. The van der Waals surface area contributed by atoms with Crippen LogP contribution in [0.25, 0.3) is 0 Å². The van der Waals surface area contributed by atoms with Gasteiger partial charge in [0.15, 0.2) is 0 Å². The molecule has 2 aromatic rings. The minimum atomic E-state index is -0.215. The predicted octanol–water partition coefficient (Wildman–Crippen LogP) is 2.53. The SMILES string of the molecule is CN(C[C@H]1CCCN1C(=O)CCNC(=O)c1ccoc1)c1ccccc1. The van der Waals surface area contributed by atoms with Crippen LogP contribution >= 0.6 is 0 Å². The molecule has 6 heteroatoms. The van der Waals surface area contributed by atoms with E-state index in [1.165, 1.54) is 12.5 Å². The number of likely N-dealkylation sites (N-methyl/N-ethyl adjacent to an activating group) is 1. The van der Waals surface area contributed by atoms with E-state index in [2.05, 4.69) is 29.4 Å². The summed E-state index contributed by atoms with van der Waals surface area (Å²) in [4.78, 5) is 28.6. The van der Waals surface area contributed by atoms with Crippen LogP contribution < -0.4 is 10.2 Å². The van der Waals surface area contributed by atoms with Crippen molar-refractivity contribution in [3.8, 4) is 0 Å². The van der Waals surface area contributed by atoms with Crippen molar-refractivity contribution < 1.29 is 14.0 Å². The van der Waals surface area contributed by atoms with Gasteiger partial charge in [-0.3, -0.25) is 9.59 Å². The minimum absolute atomic E-state index is 0.0986. The van der Waals surface area contributed by atoms with Crippen molar-refractivity contribution in [3.63, 3.8) is 0 Å². The maximum absolute atomic E-state index is 12.6. The Morgan fingerprint density at radius 1 is 1.27 bits per heavy atom. The monoisotopic (exact) mass is 355 g/mol. The van der Waals surface area contributed by atoms with Gasteiger partial charge in [0.1, 0.15) is 6.26 Å². The molecule has 138 valence electrons. The lowest BCUT2D eigenvalue weighted by atomic mass is 10.2. The van der Waals surface area contributed by atoms with Gasteiger partial charge in [0.2, 0.25) is 5.91 Å². The summed E-state index contributed by atoms with van der Waals surface area (Å²) >= 11 is 0. The van der Waals surface area contributed by atoms with Crippen LogP contribution in [0.2, 0.25) is 0 Å². The highest BCUT2D eigenvalue weighted by molar-refractivity contribution is 5.94. The first-order valence-electron chi connectivity index (χ1n) is 9.01. The number of anilines is 1. The van der Waals surface area contributed by atoms with Crippen LogP contribution in [0.4, 0.5) is 5.69 Å². The molecule has 0 spiro atoms. The predicted molar refractivity (Wildman–Crippen MR) is 100 cm³/mol. The normalized spacial score (nSPS) is 16.5. The Labute approximate surface area is 153 Å². The molecule has 2 heterocycles. The largest absolute Gasteiger partial charge is 0.472 e. The first-order chi connectivity index (χ1) is 12.6. The fourth-order valence-corrected chi connectivity index (χ4v) is 3.38. The number of furan rings is 1. The third-order valence-electron chi connectivity index (χ3n) is 4.79. The third kappa shape index (κ3) is 4.45. The molecule has 0 aliphatic carbocycles. The van der Waals surface area contributed by atoms with Crippen LogP contribution in [-0.4, -0.2) is 49.4 Å². The van der Waals surface area contributed by atoms with E-state index in [-0.39, 0.29) is 17.9 Å². The molecule has 1 saturated heterocycles. The Hall–Kier alpha value is -2.76. The fourth-order valence-electron chi connectivity index (χ4n) is 3.38. The van der Waals surface area contributed by atoms with E-state index in [4.69, 9.17) is 4.42 Å². The quantitative estimate of drug-likeness (QED) is 0.829. The zero-order chi connectivity index (χ0) is 18.4. The molecule has 26 heavy (non-hydrogen) atoms. The van der Waals surface area contributed by atoms with Crippen LogP contribution in [0, 0.1) is 0 Å². The van der Waals surface area contributed by atoms with Gasteiger partial charge in [0.25, 0.3) is 5.91 Å². The standard InChI is InChI=1S/C20H25N3O3/c1-22(17-6-3-2-4-7-17)14-18-8-5-12-23(18)19(24)9-11-21-20(25)16-10-13-26-15-16/h2-4,6-7,10,13,15,18H,5,8-9,11-12,14H2,1H3,(H,21,25)/t18-/m1/s1. The van der Waals surface area contributed by atoms with E-state index in [1.807, 2.05) is 23.1 Å². The topological polar surface area (TPSA) is 65.8 Å². The van der Waals surface area contributed by atoms with Crippen LogP contribution in [0.1, 0.15) is 29.6 Å². The molecule has 3 rings (SSSR count). The first-order valence-corrected chi connectivity index (χ1v) is 9.01. The van der Waals surface area contributed by atoms with Crippen molar-refractivity contribution in [2.75, 3.05) is 31.6 Å². The number of nitrogens with zero attached hydrogens (tertiary/aromatic N) is 2. The summed E-state index contributed by atoms with van der Waals surface area (Å²) in [5.74, 6) is -0.116. The Morgan fingerprint density at radius 2 is 2.08 bits per heavy atom. The van der Waals surface area contributed by atoms with E-state index in [1.54, 1.807) is 6.07 Å². The number of para-hydroxylation sites is 1. The van der Waals surface area contributed by atoms with Crippen molar-refractivity contribution in [2.24, 2.45) is 0 Å². The van der Waals surface area contributed by atoms with Gasteiger partial charge < -0.3 is 19.5 Å². The molecule has 2 amide bonds. The molecular formula is C20H25N3O3. The van der Waals surface area contributed by atoms with Gasteiger partial charge in [0, 0.05) is 44.8 Å². The molecule has 0 bridgehead atoms. The molecule has 6 nitrogen and oxygen atoms in total. The number of benzene rings is 1. The van der Waals surface area contributed by atoms with Crippen molar-refractivity contribution in [1.82, 2.24) is 10.2 Å². The van der Waals surface area contributed by atoms with E-state index >= 15 is 0 Å². The Balaban J connectivity index is 1.48. The molecule has 1 aromatic heterocycles. The highest BCUT2D eigenvalue weighted by Crippen LogP contribution is 2.21. The number of rotatable bonds is 7. The van der Waals surface area contributed by atoms with Gasteiger partial charge in [-0.2, -0.15) is 0 Å². The highest BCUT2D eigenvalue weighted by atomic mass is 16.3. The summed E-state index contributed by atoms with van der Waals surface area (Å²) in [5.41, 5.74) is 1.63. The lowest BCUT2D eigenvalue weighted by Gasteiger charge is -2.30. The summed E-state index contributed by atoms with van der Waals surface area (Å²) in [5, 5.41) is 2.76. The van der Waals surface area contributed by atoms with Crippen molar-refractivity contribution in [2.45, 2.75) is 25.3 Å². The summed E-state index contributed by atoms with van der Waals surface area (Å²) in [6.07, 6.45) is 5.21. The fraction of sp³-hybridized carbons (Fsp3) is 0.400. The van der Waals surface area contributed by atoms with Crippen LogP contribution in [0.3, 0.4) is 0 Å². The molecule has 0 unspecified atom stereocenters. The van der Waals surface area contributed by atoms with E-state index in [0.717, 1.165) is 31.6 Å². The smallest absolute Gasteiger partial charge is 0.254 e. The van der Waals surface area contributed by atoms with Crippen molar-refractivity contribution in [3.05, 3.63) is 54.5 Å². The van der Waals surface area contributed by atoms with Gasteiger partial charge in [0.05, 0.1) is 11.8 Å². The van der Waals surface area contributed by atoms with Gasteiger partial charge >= 0.3 is 0 Å². The second-order valence-corrected chi connectivity index (χ2v) is 6.62. The molecular weight excluding hydrogens is 330 g/mol. The van der Waals surface area contributed by atoms with Gasteiger partial charge in [-0.05, 0) is 31.0 Å². The maximum Gasteiger partial charge on any atom is 0.254 e. The molecule has 1 aliphatic heterocycles. The molecule has 1 aromatic carbocycles. The summed E-state index contributed by atoms with van der Waals surface area (Å²) < 4.78 is 4.89. The Bertz CT molecular complexity index is 715. The lowest BCUT2D eigenvalue weighted by molar-refractivity contribution is -0.131. The average Bonchev–Trinajstić information content (AvgIpc) is 3.34. The molecule has 1 N–H and O–H groups in total. The van der Waals surface area contributed by atoms with E-state index in [0.29, 0.717) is 18.5 Å². The number of carbonyl (C=O) groups excluding carboxylic acids is 2. The van der Waals surface area contributed by atoms with Gasteiger partial charge in [-0.25, -0.2) is 0 Å². The zero-order valence-corrected chi connectivity index (χ0v) is 15.1. The number of carbonyl (C=O) groups is 2. The highest BCUT2D eigenvalue weighted by Gasteiger charge is 2.29. The molecule has 1 atom stereocenters. The Morgan fingerprint density at radius 3 is 2.81 bits per heavy atom. The van der Waals surface area contributed by atoms with Crippen LogP contribution in [0.15, 0.2) is 53.3 Å². The first kappa shape index (κ1) is 18.0. The molecule has 0 saturated carbocycles. The van der Waals surface area contributed by atoms with Crippen molar-refractivity contribution >= 4 is 17.5 Å². The summed E-state index contributed by atoms with van der Waals surface area (Å²) in [6, 6.07) is 12.0. The van der Waals surface area contributed by atoms with Crippen molar-refractivity contribution in [1.29, 1.82) is 0 Å². The van der Waals surface area contributed by atoms with E-state index < -0.39 is 0 Å². The minimum Gasteiger partial charge on any atom is -0.472 e. The zero-order valence-electron chi connectivity index (χ0n) is 15.1. The van der Waals surface area contributed by atoms with Gasteiger partial charge in [-0.1, -0.05) is 18.2 Å². The number of hydrogen-bond acceptors (Lipinski definition) is 4. The average molecular weight is 355 g/mol. The number of hydrogen-bond donors (Lipinski definition) is 1. The second kappa shape index (κ2) is 8.56. The lowest BCUT2D eigenvalue weighted by Crippen LogP contribution is -2.43. The second-order valence-electron chi connectivity index (χ2n) is 6.62.